The molecule has 1 saturated heterocycles. The lowest BCUT2D eigenvalue weighted by molar-refractivity contribution is 0.0383. The summed E-state index contributed by atoms with van der Waals surface area (Å²) in [6.07, 6.45) is 0.610. The van der Waals surface area contributed by atoms with Gasteiger partial charge in [0.15, 0.2) is 5.43 Å². The van der Waals surface area contributed by atoms with Gasteiger partial charge in [0.2, 0.25) is 0 Å². The summed E-state index contributed by atoms with van der Waals surface area (Å²) in [5.74, 6) is -0.287. The fourth-order valence-electron chi connectivity index (χ4n) is 4.56. The molecule has 0 spiro atoms. The van der Waals surface area contributed by atoms with Crippen LogP contribution >= 0.6 is 23.1 Å². The van der Waals surface area contributed by atoms with Crippen LogP contribution in [0.2, 0.25) is 0 Å². The summed E-state index contributed by atoms with van der Waals surface area (Å²) in [6, 6.07) is 12.0. The maximum Gasteiger partial charge on any atom is 0.257 e. The van der Waals surface area contributed by atoms with Crippen molar-refractivity contribution in [3.05, 3.63) is 79.9 Å². The smallest absolute Gasteiger partial charge is 0.257 e. The fourth-order valence-corrected chi connectivity index (χ4v) is 6.63. The molecule has 0 bridgehead atoms. The van der Waals surface area contributed by atoms with Crippen molar-refractivity contribution in [3.63, 3.8) is 0 Å². The van der Waals surface area contributed by atoms with Gasteiger partial charge in [-0.25, -0.2) is 0 Å². The van der Waals surface area contributed by atoms with Crippen molar-refractivity contribution in [2.24, 2.45) is 0 Å². The van der Waals surface area contributed by atoms with Crippen molar-refractivity contribution < 1.29 is 9.53 Å². The van der Waals surface area contributed by atoms with Crippen LogP contribution in [0.25, 0.3) is 5.69 Å². The molecule has 6 nitrogen and oxygen atoms in total. The van der Waals surface area contributed by atoms with Crippen molar-refractivity contribution in [3.8, 4) is 5.69 Å². The summed E-state index contributed by atoms with van der Waals surface area (Å²) in [4.78, 5) is 29.9. The number of aromatic nitrogens is 1. The number of thiophene rings is 1. The SMILES string of the molecule is Cc1cc(=O)c(C(=O)NCCN2CCOCC2)c2n1-c1ccccc1S[C@@H](c1ccsc1)C2. The summed E-state index contributed by atoms with van der Waals surface area (Å²) >= 11 is 3.47. The predicted octanol–water partition coefficient (Wildman–Crippen LogP) is 3.66. The highest BCUT2D eigenvalue weighted by atomic mass is 32.2. The topological polar surface area (TPSA) is 63.6 Å². The number of benzene rings is 1. The second-order valence-electron chi connectivity index (χ2n) is 8.35. The molecule has 2 aliphatic rings. The summed E-state index contributed by atoms with van der Waals surface area (Å²) in [7, 11) is 0. The van der Waals surface area contributed by atoms with E-state index in [1.807, 2.05) is 19.1 Å². The largest absolute Gasteiger partial charge is 0.379 e. The molecule has 0 saturated carbocycles. The van der Waals surface area contributed by atoms with Crippen LogP contribution in [0.4, 0.5) is 0 Å². The van der Waals surface area contributed by atoms with E-state index in [1.54, 1.807) is 29.2 Å². The van der Waals surface area contributed by atoms with Gasteiger partial charge in [-0.05, 0) is 41.4 Å². The van der Waals surface area contributed by atoms with Gasteiger partial charge in [-0.15, -0.1) is 11.8 Å². The third-order valence-corrected chi connectivity index (χ3v) is 8.24. The molecule has 1 amide bonds. The lowest BCUT2D eigenvalue weighted by atomic mass is 10.0. The number of ether oxygens (including phenoxy) is 1. The Hall–Kier alpha value is -2.39. The van der Waals surface area contributed by atoms with Crippen LogP contribution in [-0.2, 0) is 11.2 Å². The summed E-state index contributed by atoms with van der Waals surface area (Å²) in [6.45, 7) is 6.39. The highest BCUT2D eigenvalue weighted by Crippen LogP contribution is 2.44. The zero-order valence-electron chi connectivity index (χ0n) is 18.6. The van der Waals surface area contributed by atoms with Crippen molar-refractivity contribution in [1.29, 1.82) is 0 Å². The molecule has 1 atom stereocenters. The average molecular weight is 482 g/mol. The second kappa shape index (κ2) is 9.85. The molecule has 5 rings (SSSR count). The standard InChI is InChI=1S/C25H27N3O3S2/c1-17-14-21(29)24(25(30)26-7-8-27-9-11-31-12-10-27)20-15-23(18-6-13-32-16-18)33-22-5-3-2-4-19(22)28(17)20/h2-6,13-14,16,23H,7-12,15H2,1H3,(H,26,30)/t23-/m1/s1. The Balaban J connectivity index is 1.51. The molecule has 2 aliphatic heterocycles. The number of para-hydroxylation sites is 1. The Labute approximate surface area is 201 Å². The molecule has 0 unspecified atom stereocenters. The Morgan fingerprint density at radius 1 is 1.21 bits per heavy atom. The van der Waals surface area contributed by atoms with Gasteiger partial charge in [-0.3, -0.25) is 14.5 Å². The fraction of sp³-hybridized carbons (Fsp3) is 0.360. The molecule has 1 N–H and O–H groups in total. The summed E-state index contributed by atoms with van der Waals surface area (Å²) < 4.78 is 7.50. The number of hydrogen-bond donors (Lipinski definition) is 1. The van der Waals surface area contributed by atoms with Crippen molar-refractivity contribution in [2.45, 2.75) is 23.5 Å². The van der Waals surface area contributed by atoms with E-state index in [0.29, 0.717) is 13.0 Å². The molecule has 0 radical (unpaired) electrons. The van der Waals surface area contributed by atoms with E-state index in [9.17, 15) is 9.59 Å². The second-order valence-corrected chi connectivity index (χ2v) is 10.4. The maximum atomic E-state index is 13.3. The Bertz CT molecular complexity index is 1200. The van der Waals surface area contributed by atoms with Gasteiger partial charge in [0.05, 0.1) is 18.9 Å². The number of hydrogen-bond acceptors (Lipinski definition) is 6. The van der Waals surface area contributed by atoms with Gasteiger partial charge in [0, 0.05) is 60.2 Å². The van der Waals surface area contributed by atoms with Crippen LogP contribution in [0.1, 0.15) is 32.6 Å². The van der Waals surface area contributed by atoms with Crippen LogP contribution in [0, 0.1) is 6.92 Å². The van der Waals surface area contributed by atoms with E-state index in [0.717, 1.165) is 54.8 Å². The molecule has 0 aliphatic carbocycles. The molecule has 3 aromatic rings. The Kier molecular flexibility index (Phi) is 6.69. The van der Waals surface area contributed by atoms with Crippen LogP contribution < -0.4 is 10.7 Å². The number of rotatable bonds is 5. The van der Waals surface area contributed by atoms with Gasteiger partial charge in [0.1, 0.15) is 5.56 Å². The number of carbonyl (C=O) groups is 1. The van der Waals surface area contributed by atoms with Crippen molar-refractivity contribution in [2.75, 3.05) is 39.4 Å². The first-order valence-electron chi connectivity index (χ1n) is 11.2. The van der Waals surface area contributed by atoms with Crippen LogP contribution in [0.5, 0.6) is 0 Å². The first-order chi connectivity index (χ1) is 16.1. The third kappa shape index (κ3) is 4.66. The quantitative estimate of drug-likeness (QED) is 0.603. The minimum Gasteiger partial charge on any atom is -0.379 e. The predicted molar refractivity (Wildman–Crippen MR) is 133 cm³/mol. The number of nitrogens with one attached hydrogen (secondary N) is 1. The number of fused-ring (bicyclic) bond motifs is 3. The number of pyridine rings is 1. The molecular weight excluding hydrogens is 454 g/mol. The van der Waals surface area contributed by atoms with Crippen molar-refractivity contribution >= 4 is 29.0 Å². The number of aryl methyl sites for hydroxylation is 1. The molecule has 8 heteroatoms. The molecule has 33 heavy (non-hydrogen) atoms. The number of nitrogens with zero attached hydrogens (tertiary/aromatic N) is 2. The van der Waals surface area contributed by atoms with Gasteiger partial charge < -0.3 is 14.6 Å². The molecule has 2 aromatic heterocycles. The van der Waals surface area contributed by atoms with Gasteiger partial charge in [-0.2, -0.15) is 11.3 Å². The van der Waals surface area contributed by atoms with Gasteiger partial charge in [0.25, 0.3) is 5.91 Å². The summed E-state index contributed by atoms with van der Waals surface area (Å²) in [5, 5.41) is 7.38. The molecule has 172 valence electrons. The van der Waals surface area contributed by atoms with Crippen molar-refractivity contribution in [1.82, 2.24) is 14.8 Å². The van der Waals surface area contributed by atoms with E-state index in [4.69, 9.17) is 4.74 Å². The highest BCUT2D eigenvalue weighted by molar-refractivity contribution is 7.99. The lowest BCUT2D eigenvalue weighted by Gasteiger charge is -2.26. The lowest BCUT2D eigenvalue weighted by Crippen LogP contribution is -2.42. The van der Waals surface area contributed by atoms with Gasteiger partial charge in [-0.1, -0.05) is 12.1 Å². The van der Waals surface area contributed by atoms with E-state index in [-0.39, 0.29) is 22.1 Å². The molecule has 1 fully saturated rings. The van der Waals surface area contributed by atoms with E-state index >= 15 is 0 Å². The highest BCUT2D eigenvalue weighted by Gasteiger charge is 2.29. The molecular formula is C25H27N3O3S2. The Morgan fingerprint density at radius 2 is 2.03 bits per heavy atom. The normalized spacial score (nSPS) is 18.3. The first kappa shape index (κ1) is 22.4. The monoisotopic (exact) mass is 481 g/mol. The van der Waals surface area contributed by atoms with Gasteiger partial charge >= 0.3 is 0 Å². The van der Waals surface area contributed by atoms with Crippen LogP contribution in [0.15, 0.2) is 56.8 Å². The number of thioether (sulfide) groups is 1. The average Bonchev–Trinajstić information content (AvgIpc) is 3.29. The number of morpholine rings is 1. The number of amides is 1. The number of carbonyl (C=O) groups excluding carboxylic acids is 1. The van der Waals surface area contributed by atoms with E-state index < -0.39 is 0 Å². The minimum atomic E-state index is -0.287. The van der Waals surface area contributed by atoms with Crippen LogP contribution in [-0.4, -0.2) is 54.8 Å². The zero-order valence-corrected chi connectivity index (χ0v) is 20.2. The first-order valence-corrected chi connectivity index (χ1v) is 13.1. The van der Waals surface area contributed by atoms with E-state index in [2.05, 4.69) is 43.7 Å². The molecule has 4 heterocycles. The Morgan fingerprint density at radius 3 is 2.82 bits per heavy atom. The summed E-state index contributed by atoms with van der Waals surface area (Å²) in [5.41, 5.74) is 3.93. The third-order valence-electron chi connectivity index (χ3n) is 6.21. The van der Waals surface area contributed by atoms with Crippen LogP contribution in [0.3, 0.4) is 0 Å². The minimum absolute atomic E-state index is 0.132. The molecule has 1 aromatic carbocycles. The van der Waals surface area contributed by atoms with E-state index in [1.165, 1.54) is 5.56 Å². The maximum absolute atomic E-state index is 13.3. The zero-order chi connectivity index (χ0) is 22.8.